The SMILES string of the molecule is CCCNC(=O)CCCCCNC(=O)CCCCCN1C(=O)C=CC1=O. The number of rotatable bonds is 14. The highest BCUT2D eigenvalue weighted by molar-refractivity contribution is 6.12. The van der Waals surface area contributed by atoms with E-state index in [1.807, 2.05) is 6.92 Å². The monoisotopic (exact) mass is 365 g/mol. The Labute approximate surface area is 155 Å². The number of carbonyl (C=O) groups excluding carboxylic acids is 4. The molecule has 0 atom stereocenters. The van der Waals surface area contributed by atoms with Gasteiger partial charge < -0.3 is 10.6 Å². The Morgan fingerprint density at radius 2 is 1.35 bits per heavy atom. The van der Waals surface area contributed by atoms with Crippen molar-refractivity contribution in [2.24, 2.45) is 0 Å². The first-order chi connectivity index (χ1) is 12.5. The summed E-state index contributed by atoms with van der Waals surface area (Å²) in [4.78, 5) is 47.1. The van der Waals surface area contributed by atoms with Crippen molar-refractivity contribution in [3.8, 4) is 0 Å². The van der Waals surface area contributed by atoms with Crippen molar-refractivity contribution >= 4 is 23.6 Å². The third-order valence-electron chi connectivity index (χ3n) is 4.16. The maximum Gasteiger partial charge on any atom is 0.253 e. The number of nitrogens with zero attached hydrogens (tertiary/aromatic N) is 1. The molecule has 0 bridgehead atoms. The molecule has 0 aliphatic carbocycles. The lowest BCUT2D eigenvalue weighted by molar-refractivity contribution is -0.137. The molecule has 0 unspecified atom stereocenters. The smallest absolute Gasteiger partial charge is 0.253 e. The molecule has 0 saturated carbocycles. The van der Waals surface area contributed by atoms with Gasteiger partial charge in [0.05, 0.1) is 0 Å². The highest BCUT2D eigenvalue weighted by Crippen LogP contribution is 2.07. The summed E-state index contributed by atoms with van der Waals surface area (Å²) in [6, 6.07) is 0. The van der Waals surface area contributed by atoms with Crippen LogP contribution >= 0.6 is 0 Å². The molecule has 1 aliphatic heterocycles. The summed E-state index contributed by atoms with van der Waals surface area (Å²) >= 11 is 0. The van der Waals surface area contributed by atoms with Crippen LogP contribution in [-0.2, 0) is 19.2 Å². The van der Waals surface area contributed by atoms with Crippen LogP contribution in [0.25, 0.3) is 0 Å². The molecule has 7 heteroatoms. The molecule has 26 heavy (non-hydrogen) atoms. The first kappa shape index (κ1) is 21.9. The van der Waals surface area contributed by atoms with Gasteiger partial charge in [0.1, 0.15) is 0 Å². The number of imide groups is 1. The van der Waals surface area contributed by atoms with Crippen LogP contribution in [0.2, 0.25) is 0 Å². The number of hydrogen-bond donors (Lipinski definition) is 2. The Kier molecular flexibility index (Phi) is 11.0. The van der Waals surface area contributed by atoms with Crippen LogP contribution < -0.4 is 10.6 Å². The standard InChI is InChI=1S/C19H31N3O4/c1-2-13-20-16(23)9-5-3-7-14-21-17(24)10-6-4-8-15-22-18(25)11-12-19(22)26/h11-12H,2-10,13-15H2,1H3,(H,20,23)(H,21,24). The molecular formula is C19H31N3O4. The van der Waals surface area contributed by atoms with Crippen LogP contribution in [0.3, 0.4) is 0 Å². The first-order valence-electron chi connectivity index (χ1n) is 9.61. The quantitative estimate of drug-likeness (QED) is 0.362. The van der Waals surface area contributed by atoms with E-state index in [-0.39, 0.29) is 23.6 Å². The number of amides is 4. The van der Waals surface area contributed by atoms with Crippen LogP contribution in [0, 0.1) is 0 Å². The van der Waals surface area contributed by atoms with Crippen LogP contribution in [-0.4, -0.2) is 48.2 Å². The number of nitrogens with one attached hydrogen (secondary N) is 2. The van der Waals surface area contributed by atoms with Gasteiger partial charge in [0.25, 0.3) is 11.8 Å². The topological polar surface area (TPSA) is 95.6 Å². The summed E-state index contributed by atoms with van der Waals surface area (Å²) in [5, 5.41) is 5.73. The molecule has 0 aromatic rings. The normalized spacial score (nSPS) is 13.3. The van der Waals surface area contributed by atoms with E-state index in [1.165, 1.54) is 17.1 Å². The molecule has 0 radical (unpaired) electrons. The van der Waals surface area contributed by atoms with Gasteiger partial charge in [0.2, 0.25) is 11.8 Å². The Balaban J connectivity index is 1.90. The maximum atomic E-state index is 11.7. The molecule has 1 rings (SSSR count). The molecule has 0 fully saturated rings. The molecule has 7 nitrogen and oxygen atoms in total. The van der Waals surface area contributed by atoms with Crippen LogP contribution in [0.4, 0.5) is 0 Å². The predicted molar refractivity (Wildman–Crippen MR) is 99.1 cm³/mol. The molecule has 0 spiro atoms. The van der Waals surface area contributed by atoms with Crippen molar-refractivity contribution < 1.29 is 19.2 Å². The third kappa shape index (κ3) is 9.34. The van der Waals surface area contributed by atoms with Crippen molar-refractivity contribution in [3.05, 3.63) is 12.2 Å². The zero-order chi connectivity index (χ0) is 19.2. The Hall–Kier alpha value is -2.18. The van der Waals surface area contributed by atoms with Gasteiger partial charge in [-0.15, -0.1) is 0 Å². The van der Waals surface area contributed by atoms with Gasteiger partial charge in [0, 0.05) is 44.6 Å². The summed E-state index contributed by atoms with van der Waals surface area (Å²) in [7, 11) is 0. The van der Waals surface area contributed by atoms with Crippen molar-refractivity contribution in [1.82, 2.24) is 15.5 Å². The van der Waals surface area contributed by atoms with Gasteiger partial charge in [0.15, 0.2) is 0 Å². The Bertz CT molecular complexity index is 499. The minimum Gasteiger partial charge on any atom is -0.356 e. The Morgan fingerprint density at radius 1 is 0.808 bits per heavy atom. The first-order valence-corrected chi connectivity index (χ1v) is 9.61. The van der Waals surface area contributed by atoms with Gasteiger partial charge in [-0.05, 0) is 32.1 Å². The minimum atomic E-state index is -0.254. The molecule has 2 N–H and O–H groups in total. The van der Waals surface area contributed by atoms with Crippen molar-refractivity contribution in [1.29, 1.82) is 0 Å². The second-order valence-electron chi connectivity index (χ2n) is 6.48. The third-order valence-corrected chi connectivity index (χ3v) is 4.16. The highest BCUT2D eigenvalue weighted by atomic mass is 16.2. The minimum absolute atomic E-state index is 0.0284. The summed E-state index contributed by atoms with van der Waals surface area (Å²) in [6.45, 7) is 3.81. The van der Waals surface area contributed by atoms with Crippen LogP contribution in [0.1, 0.15) is 64.7 Å². The molecule has 1 heterocycles. The lowest BCUT2D eigenvalue weighted by Crippen LogP contribution is -2.30. The van der Waals surface area contributed by atoms with Crippen LogP contribution in [0.5, 0.6) is 0 Å². The molecule has 0 aromatic carbocycles. The molecular weight excluding hydrogens is 334 g/mol. The summed E-state index contributed by atoms with van der Waals surface area (Å²) in [6.07, 6.45) is 9.42. The number of unbranched alkanes of at least 4 members (excludes halogenated alkanes) is 4. The zero-order valence-corrected chi connectivity index (χ0v) is 15.7. The van der Waals surface area contributed by atoms with E-state index < -0.39 is 0 Å². The fraction of sp³-hybridized carbons (Fsp3) is 0.684. The van der Waals surface area contributed by atoms with Gasteiger partial charge in [-0.25, -0.2) is 0 Å². The lowest BCUT2D eigenvalue weighted by atomic mass is 10.1. The summed E-state index contributed by atoms with van der Waals surface area (Å²) in [5.74, 6) is -0.379. The fourth-order valence-electron chi connectivity index (χ4n) is 2.64. The maximum absolute atomic E-state index is 11.7. The van der Waals surface area contributed by atoms with E-state index in [0.29, 0.717) is 32.4 Å². The van der Waals surface area contributed by atoms with E-state index in [9.17, 15) is 19.2 Å². The van der Waals surface area contributed by atoms with Gasteiger partial charge in [-0.3, -0.25) is 24.1 Å². The van der Waals surface area contributed by atoms with Crippen molar-refractivity contribution in [2.75, 3.05) is 19.6 Å². The average molecular weight is 365 g/mol. The molecule has 0 aromatic heterocycles. The number of hydrogen-bond acceptors (Lipinski definition) is 4. The molecule has 0 saturated heterocycles. The highest BCUT2D eigenvalue weighted by Gasteiger charge is 2.22. The zero-order valence-electron chi connectivity index (χ0n) is 15.7. The lowest BCUT2D eigenvalue weighted by Gasteiger charge is -2.13. The Morgan fingerprint density at radius 3 is 1.92 bits per heavy atom. The van der Waals surface area contributed by atoms with Gasteiger partial charge >= 0.3 is 0 Å². The second kappa shape index (κ2) is 13.1. The van der Waals surface area contributed by atoms with Crippen LogP contribution in [0.15, 0.2) is 12.2 Å². The van der Waals surface area contributed by atoms with Gasteiger partial charge in [-0.1, -0.05) is 19.8 Å². The van der Waals surface area contributed by atoms with Gasteiger partial charge in [-0.2, -0.15) is 0 Å². The summed E-state index contributed by atoms with van der Waals surface area (Å²) in [5.41, 5.74) is 0. The molecule has 146 valence electrons. The van der Waals surface area contributed by atoms with E-state index in [2.05, 4.69) is 10.6 Å². The number of carbonyl (C=O) groups is 4. The summed E-state index contributed by atoms with van der Waals surface area (Å²) < 4.78 is 0. The average Bonchev–Trinajstić information content (AvgIpc) is 2.94. The molecule has 1 aliphatic rings. The van der Waals surface area contributed by atoms with E-state index in [0.717, 1.165) is 45.1 Å². The second-order valence-corrected chi connectivity index (χ2v) is 6.48. The fourth-order valence-corrected chi connectivity index (χ4v) is 2.64. The molecule has 4 amide bonds. The van der Waals surface area contributed by atoms with Crippen molar-refractivity contribution in [3.63, 3.8) is 0 Å². The van der Waals surface area contributed by atoms with E-state index in [1.54, 1.807) is 0 Å². The largest absolute Gasteiger partial charge is 0.356 e. The van der Waals surface area contributed by atoms with E-state index in [4.69, 9.17) is 0 Å². The van der Waals surface area contributed by atoms with Crippen molar-refractivity contribution in [2.45, 2.75) is 64.7 Å². The predicted octanol–water partition coefficient (Wildman–Crippen LogP) is 1.67. The van der Waals surface area contributed by atoms with E-state index >= 15 is 0 Å².